The van der Waals surface area contributed by atoms with Gasteiger partial charge in [-0.3, -0.25) is 4.79 Å². The highest BCUT2D eigenvalue weighted by atomic mass is 79.9. The second kappa shape index (κ2) is 8.22. The summed E-state index contributed by atoms with van der Waals surface area (Å²) >= 11 is 3.19. The van der Waals surface area contributed by atoms with Crippen LogP contribution in [-0.2, 0) is 4.79 Å². The van der Waals surface area contributed by atoms with Crippen molar-refractivity contribution in [1.29, 1.82) is 0 Å². The molecule has 0 aliphatic rings. The van der Waals surface area contributed by atoms with Crippen molar-refractivity contribution in [2.24, 2.45) is 0 Å². The van der Waals surface area contributed by atoms with E-state index in [1.54, 1.807) is 4.90 Å². The topological polar surface area (TPSA) is 40.5 Å². The number of carbonyl (C=O) groups excluding carboxylic acids is 1. The first-order chi connectivity index (χ1) is 11.0. The first kappa shape index (κ1) is 17.6. The molecule has 5 heteroatoms. The minimum atomic E-state index is -0.871. The fourth-order valence-corrected chi connectivity index (χ4v) is 2.76. The van der Waals surface area contributed by atoms with Gasteiger partial charge in [0.15, 0.2) is 0 Å². The average Bonchev–Trinajstić information content (AvgIpc) is 2.59. The van der Waals surface area contributed by atoms with E-state index >= 15 is 0 Å². The zero-order chi connectivity index (χ0) is 16.8. The molecule has 0 saturated heterocycles. The molecule has 1 amide bonds. The summed E-state index contributed by atoms with van der Waals surface area (Å²) in [7, 11) is 0. The zero-order valence-corrected chi connectivity index (χ0v) is 14.4. The smallest absolute Gasteiger partial charge is 0.233 e. The number of carbonyl (C=O) groups is 1. The van der Waals surface area contributed by atoms with Gasteiger partial charge in [0.1, 0.15) is 5.82 Å². The molecule has 0 aliphatic heterocycles. The van der Waals surface area contributed by atoms with E-state index in [1.165, 1.54) is 24.3 Å². The van der Waals surface area contributed by atoms with E-state index < -0.39 is 6.10 Å². The highest BCUT2D eigenvalue weighted by Gasteiger charge is 2.24. The van der Waals surface area contributed by atoms with Crippen LogP contribution in [0.1, 0.15) is 30.2 Å². The van der Waals surface area contributed by atoms with Crippen LogP contribution in [0.5, 0.6) is 0 Å². The number of benzene rings is 2. The number of halogens is 2. The predicted octanol–water partition coefficient (Wildman–Crippen LogP) is 3.84. The van der Waals surface area contributed by atoms with Gasteiger partial charge in [0.05, 0.1) is 24.0 Å². The molecule has 0 aromatic heterocycles. The molecule has 0 unspecified atom stereocenters. The molecule has 2 rings (SSSR count). The summed E-state index contributed by atoms with van der Waals surface area (Å²) in [6.45, 7) is 2.07. The zero-order valence-electron chi connectivity index (χ0n) is 12.8. The molecule has 0 spiro atoms. The molecule has 122 valence electrons. The molecule has 0 aliphatic carbocycles. The lowest BCUT2D eigenvalue weighted by molar-refractivity contribution is -0.132. The molecule has 0 fully saturated rings. The first-order valence-corrected chi connectivity index (χ1v) is 8.49. The average molecular weight is 380 g/mol. The highest BCUT2D eigenvalue weighted by Crippen LogP contribution is 2.24. The van der Waals surface area contributed by atoms with Crippen molar-refractivity contribution in [3.8, 4) is 0 Å². The molecule has 2 aromatic carbocycles. The summed E-state index contributed by atoms with van der Waals surface area (Å²) in [4.78, 5) is 13.9. The fourth-order valence-electron chi connectivity index (χ4n) is 2.44. The molecule has 23 heavy (non-hydrogen) atoms. The van der Waals surface area contributed by atoms with Crippen molar-refractivity contribution < 1.29 is 14.3 Å². The molecular formula is C18H19BrFNO2. The van der Waals surface area contributed by atoms with Gasteiger partial charge in [-0.15, -0.1) is 0 Å². The van der Waals surface area contributed by atoms with E-state index in [1.807, 2.05) is 37.3 Å². The minimum Gasteiger partial charge on any atom is -0.387 e. The van der Waals surface area contributed by atoms with Crippen LogP contribution in [0.4, 0.5) is 4.39 Å². The number of amides is 1. The summed E-state index contributed by atoms with van der Waals surface area (Å²) in [5.41, 5.74) is 1.58. The summed E-state index contributed by atoms with van der Waals surface area (Å²) in [5.74, 6) is -0.463. The van der Waals surface area contributed by atoms with Crippen LogP contribution in [-0.4, -0.2) is 27.8 Å². The Kier molecular flexibility index (Phi) is 6.30. The second-order valence-electron chi connectivity index (χ2n) is 5.33. The third-order valence-corrected chi connectivity index (χ3v) is 4.29. The molecule has 1 N–H and O–H groups in total. The maximum atomic E-state index is 13.0. The van der Waals surface area contributed by atoms with E-state index in [4.69, 9.17) is 0 Å². The molecule has 3 nitrogen and oxygen atoms in total. The first-order valence-electron chi connectivity index (χ1n) is 7.37. The van der Waals surface area contributed by atoms with Gasteiger partial charge >= 0.3 is 0 Å². The van der Waals surface area contributed by atoms with Crippen molar-refractivity contribution in [2.45, 2.75) is 19.1 Å². The molecule has 0 bridgehead atoms. The Balaban J connectivity index is 2.18. The summed E-state index contributed by atoms with van der Waals surface area (Å²) in [6.07, 6.45) is -0.871. The standard InChI is InChI=1S/C18H19BrFNO2/c1-13(14-5-3-2-4-6-14)21(18(23)11-19)12-17(22)15-7-9-16(20)10-8-15/h2-10,13,17,22H,11-12H2,1H3/t13-,17+/m0/s1. The lowest BCUT2D eigenvalue weighted by atomic mass is 10.0. The molecule has 2 atom stereocenters. The van der Waals surface area contributed by atoms with E-state index in [0.717, 1.165) is 5.56 Å². The minimum absolute atomic E-state index is 0.109. The predicted molar refractivity (Wildman–Crippen MR) is 91.7 cm³/mol. The second-order valence-corrected chi connectivity index (χ2v) is 5.89. The molecule has 0 radical (unpaired) electrons. The molecular weight excluding hydrogens is 361 g/mol. The Labute approximate surface area is 143 Å². The number of hydrogen-bond donors (Lipinski definition) is 1. The lowest BCUT2D eigenvalue weighted by Gasteiger charge is -2.31. The number of alkyl halides is 1. The molecule has 0 saturated carbocycles. The van der Waals surface area contributed by atoms with E-state index in [9.17, 15) is 14.3 Å². The fraction of sp³-hybridized carbons (Fsp3) is 0.278. The maximum Gasteiger partial charge on any atom is 0.233 e. The SMILES string of the molecule is C[C@@H](c1ccccc1)N(C[C@@H](O)c1ccc(F)cc1)C(=O)CBr. The molecule has 2 aromatic rings. The van der Waals surface area contributed by atoms with Crippen LogP contribution in [0.25, 0.3) is 0 Å². The summed E-state index contributed by atoms with van der Waals surface area (Å²) in [6, 6.07) is 15.1. The number of hydrogen-bond acceptors (Lipinski definition) is 2. The Morgan fingerprint density at radius 1 is 1.13 bits per heavy atom. The van der Waals surface area contributed by atoms with Crippen LogP contribution in [0.2, 0.25) is 0 Å². The number of nitrogens with zero attached hydrogens (tertiary/aromatic N) is 1. The summed E-state index contributed by atoms with van der Waals surface area (Å²) in [5, 5.41) is 10.6. The summed E-state index contributed by atoms with van der Waals surface area (Å²) < 4.78 is 13.0. The van der Waals surface area contributed by atoms with Gasteiger partial charge < -0.3 is 10.0 Å². The molecule has 0 heterocycles. The van der Waals surface area contributed by atoms with Gasteiger partial charge in [-0.25, -0.2) is 4.39 Å². The van der Waals surface area contributed by atoms with Gasteiger partial charge in [0.25, 0.3) is 0 Å². The largest absolute Gasteiger partial charge is 0.387 e. The van der Waals surface area contributed by atoms with Gasteiger partial charge in [-0.2, -0.15) is 0 Å². The number of aliphatic hydroxyl groups excluding tert-OH is 1. The van der Waals surface area contributed by atoms with Crippen LogP contribution < -0.4 is 0 Å². The maximum absolute atomic E-state index is 13.0. The van der Waals surface area contributed by atoms with Crippen molar-refractivity contribution in [3.05, 3.63) is 71.5 Å². The van der Waals surface area contributed by atoms with Crippen LogP contribution in [0.3, 0.4) is 0 Å². The quantitative estimate of drug-likeness (QED) is 0.774. The normalized spacial score (nSPS) is 13.4. The van der Waals surface area contributed by atoms with Gasteiger partial charge in [-0.1, -0.05) is 58.4 Å². The van der Waals surface area contributed by atoms with Crippen molar-refractivity contribution >= 4 is 21.8 Å². The van der Waals surface area contributed by atoms with Gasteiger partial charge in [0.2, 0.25) is 5.91 Å². The number of rotatable bonds is 6. The van der Waals surface area contributed by atoms with Crippen molar-refractivity contribution in [3.63, 3.8) is 0 Å². The van der Waals surface area contributed by atoms with Crippen LogP contribution in [0.15, 0.2) is 54.6 Å². The Morgan fingerprint density at radius 2 is 1.74 bits per heavy atom. The Hall–Kier alpha value is -1.72. The highest BCUT2D eigenvalue weighted by molar-refractivity contribution is 9.09. The van der Waals surface area contributed by atoms with Gasteiger partial charge in [0, 0.05) is 0 Å². The van der Waals surface area contributed by atoms with E-state index in [-0.39, 0.29) is 29.6 Å². The van der Waals surface area contributed by atoms with E-state index in [0.29, 0.717) is 5.56 Å². The van der Waals surface area contributed by atoms with Crippen molar-refractivity contribution in [2.75, 3.05) is 11.9 Å². The third-order valence-electron chi connectivity index (χ3n) is 3.81. The Morgan fingerprint density at radius 3 is 2.30 bits per heavy atom. The van der Waals surface area contributed by atoms with Crippen molar-refractivity contribution in [1.82, 2.24) is 4.90 Å². The Bertz CT molecular complexity index is 633. The third kappa shape index (κ3) is 4.62. The lowest BCUT2D eigenvalue weighted by Crippen LogP contribution is -2.37. The number of aliphatic hydroxyl groups is 1. The monoisotopic (exact) mass is 379 g/mol. The van der Waals surface area contributed by atoms with Gasteiger partial charge in [-0.05, 0) is 30.2 Å². The van der Waals surface area contributed by atoms with Crippen LogP contribution >= 0.6 is 15.9 Å². The van der Waals surface area contributed by atoms with Crippen LogP contribution in [0, 0.1) is 5.82 Å². The van der Waals surface area contributed by atoms with E-state index in [2.05, 4.69) is 15.9 Å².